The van der Waals surface area contributed by atoms with Crippen molar-refractivity contribution in [3.05, 3.63) is 65.9 Å². The van der Waals surface area contributed by atoms with E-state index in [9.17, 15) is 14.7 Å². The molecule has 2 atom stereocenters. The second-order valence-corrected chi connectivity index (χ2v) is 8.36. The predicted octanol–water partition coefficient (Wildman–Crippen LogP) is 3.46. The van der Waals surface area contributed by atoms with Crippen LogP contribution in [0.1, 0.15) is 24.5 Å². The molecule has 1 amide bonds. The van der Waals surface area contributed by atoms with Crippen LogP contribution in [0.5, 0.6) is 0 Å². The van der Waals surface area contributed by atoms with Crippen LogP contribution in [0.25, 0.3) is 10.9 Å². The van der Waals surface area contributed by atoms with Crippen molar-refractivity contribution >= 4 is 40.3 Å². The van der Waals surface area contributed by atoms with Crippen LogP contribution in [0.4, 0.5) is 0 Å². The molecule has 0 bridgehead atoms. The highest BCUT2D eigenvalue weighted by Gasteiger charge is 2.33. The normalized spacial score (nSPS) is 17.0. The number of rotatable bonds is 7. The number of carboxylic acids is 1. The van der Waals surface area contributed by atoms with E-state index in [2.05, 4.69) is 15.4 Å². The van der Waals surface area contributed by atoms with E-state index in [0.717, 1.165) is 32.6 Å². The fraction of sp³-hybridized carbons (Fsp3) is 0.261. The molecule has 0 unspecified atom stereocenters. The van der Waals surface area contributed by atoms with Crippen molar-refractivity contribution in [2.75, 3.05) is 6.26 Å². The van der Waals surface area contributed by atoms with Crippen molar-refractivity contribution in [1.29, 1.82) is 0 Å². The second-order valence-electron chi connectivity index (χ2n) is 7.48. The zero-order valence-corrected chi connectivity index (χ0v) is 18.1. The number of carbonyl (C=O) groups excluding carboxylic acids is 1. The molecule has 0 radical (unpaired) electrons. The van der Waals surface area contributed by atoms with Gasteiger partial charge in [0.2, 0.25) is 5.91 Å². The summed E-state index contributed by atoms with van der Waals surface area (Å²) in [5, 5.41) is 19.8. The Hall–Kier alpha value is -3.10. The van der Waals surface area contributed by atoms with Crippen LogP contribution in [-0.4, -0.2) is 51.2 Å². The Bertz CT molecular complexity index is 1140. The minimum absolute atomic E-state index is 0.232. The lowest BCUT2D eigenvalue weighted by atomic mass is 10.0. The number of nitrogens with zero attached hydrogens (tertiary/aromatic N) is 2. The van der Waals surface area contributed by atoms with Gasteiger partial charge in [0.05, 0.1) is 5.71 Å². The highest BCUT2D eigenvalue weighted by molar-refractivity contribution is 7.98. The maximum atomic E-state index is 12.2. The molecule has 31 heavy (non-hydrogen) atoms. The monoisotopic (exact) mass is 436 g/mol. The number of nitrogens with one attached hydrogen (secondary N) is 2. The number of benzene rings is 2. The lowest BCUT2D eigenvalue weighted by Crippen LogP contribution is -2.51. The van der Waals surface area contributed by atoms with Crippen LogP contribution < -0.4 is 5.32 Å². The maximum Gasteiger partial charge on any atom is 0.321 e. The molecule has 160 valence electrons. The topological polar surface area (TPSA) is 97.8 Å². The molecule has 1 aliphatic rings. The zero-order valence-electron chi connectivity index (χ0n) is 17.3. The quantitative estimate of drug-likeness (QED) is 0.493. The summed E-state index contributed by atoms with van der Waals surface area (Å²) in [6.07, 6.45) is 4.07. The van der Waals surface area contributed by atoms with Crippen molar-refractivity contribution in [1.82, 2.24) is 15.3 Å². The first-order valence-electron chi connectivity index (χ1n) is 10.0. The second kappa shape index (κ2) is 8.95. The number of fused-ring (bicyclic) bond motifs is 1. The summed E-state index contributed by atoms with van der Waals surface area (Å²) in [6, 6.07) is 14.9. The molecular formula is C23H24N4O3S. The van der Waals surface area contributed by atoms with Gasteiger partial charge in [-0.05, 0) is 35.6 Å². The molecule has 4 rings (SSSR count). The third-order valence-electron chi connectivity index (χ3n) is 5.45. The fourth-order valence-electron chi connectivity index (χ4n) is 3.86. The number of hydrogen-bond acceptors (Lipinski definition) is 5. The van der Waals surface area contributed by atoms with Gasteiger partial charge in [-0.1, -0.05) is 30.3 Å². The number of aromatic nitrogens is 1. The fourth-order valence-corrected chi connectivity index (χ4v) is 4.27. The van der Waals surface area contributed by atoms with Gasteiger partial charge in [0.15, 0.2) is 0 Å². The van der Waals surface area contributed by atoms with Crippen LogP contribution in [0.2, 0.25) is 0 Å². The number of amides is 1. The van der Waals surface area contributed by atoms with Crippen molar-refractivity contribution < 1.29 is 14.7 Å². The number of carbonyl (C=O) groups is 2. The summed E-state index contributed by atoms with van der Waals surface area (Å²) < 4.78 is 0. The summed E-state index contributed by atoms with van der Waals surface area (Å²) in [5.41, 5.74) is 3.57. The molecule has 0 fully saturated rings. The lowest BCUT2D eigenvalue weighted by molar-refractivity contribution is -0.141. The molecule has 8 heteroatoms. The van der Waals surface area contributed by atoms with Gasteiger partial charge >= 0.3 is 5.97 Å². The Labute approximate surface area is 184 Å². The molecule has 1 aromatic heterocycles. The van der Waals surface area contributed by atoms with E-state index in [1.54, 1.807) is 11.8 Å². The maximum absolute atomic E-state index is 12.2. The first-order valence-corrected chi connectivity index (χ1v) is 11.2. The minimum Gasteiger partial charge on any atom is -0.480 e. The van der Waals surface area contributed by atoms with Crippen molar-refractivity contribution in [3.8, 4) is 0 Å². The third-order valence-corrected chi connectivity index (χ3v) is 6.19. The molecule has 3 aromatic rings. The minimum atomic E-state index is -0.966. The Morgan fingerprint density at radius 3 is 2.68 bits per heavy atom. The van der Waals surface area contributed by atoms with E-state index in [-0.39, 0.29) is 5.91 Å². The number of aromatic amines is 1. The number of H-pyrrole nitrogens is 1. The van der Waals surface area contributed by atoms with Gasteiger partial charge in [0.1, 0.15) is 12.2 Å². The standard InChI is InChI=1S/C23H24N4O3S/c1-14(28)27-22(12-20(26-27)15-7-9-17(31-2)10-8-15)25-21(23(29)30)11-16-13-24-19-6-4-3-5-18(16)19/h3-10,13,21-22,24-25H,11-12H2,1-2H3,(H,29,30)/t21-,22-/m0/s1. The Balaban J connectivity index is 1.53. The summed E-state index contributed by atoms with van der Waals surface area (Å²) >= 11 is 1.66. The molecule has 0 aliphatic carbocycles. The van der Waals surface area contributed by atoms with Gasteiger partial charge in [-0.25, -0.2) is 5.01 Å². The molecule has 2 heterocycles. The Morgan fingerprint density at radius 1 is 1.26 bits per heavy atom. The first-order chi connectivity index (χ1) is 15.0. The third kappa shape index (κ3) is 4.50. The highest BCUT2D eigenvalue weighted by Crippen LogP contribution is 2.23. The average molecular weight is 437 g/mol. The Morgan fingerprint density at radius 2 is 2.00 bits per heavy atom. The number of thioether (sulfide) groups is 1. The largest absolute Gasteiger partial charge is 0.480 e. The zero-order chi connectivity index (χ0) is 22.0. The van der Waals surface area contributed by atoms with Crippen LogP contribution >= 0.6 is 11.8 Å². The SMILES string of the molecule is CSc1ccc(C2=NN(C(C)=O)[C@H](N[C@@H](Cc3c[nH]c4ccccc34)C(=O)O)C2)cc1. The van der Waals surface area contributed by atoms with Gasteiger partial charge in [-0.15, -0.1) is 11.8 Å². The molecule has 0 saturated heterocycles. The van der Waals surface area contributed by atoms with Crippen molar-refractivity contribution in [2.24, 2.45) is 5.10 Å². The number of para-hydroxylation sites is 1. The predicted molar refractivity (Wildman–Crippen MR) is 122 cm³/mol. The number of aliphatic carboxylic acids is 1. The van der Waals surface area contributed by atoms with Crippen molar-refractivity contribution in [2.45, 2.75) is 36.9 Å². The molecule has 1 aliphatic heterocycles. The van der Waals surface area contributed by atoms with E-state index in [1.165, 1.54) is 11.9 Å². The van der Waals surface area contributed by atoms with Crippen LogP contribution in [0.15, 0.2) is 64.7 Å². The Kier molecular flexibility index (Phi) is 6.11. The van der Waals surface area contributed by atoms with Gasteiger partial charge in [0, 0.05) is 41.8 Å². The summed E-state index contributed by atoms with van der Waals surface area (Å²) in [4.78, 5) is 28.6. The number of hydrogen-bond donors (Lipinski definition) is 3. The van der Waals surface area contributed by atoms with Gasteiger partial charge < -0.3 is 10.1 Å². The average Bonchev–Trinajstić information content (AvgIpc) is 3.38. The molecule has 2 aromatic carbocycles. The summed E-state index contributed by atoms with van der Waals surface area (Å²) in [5.74, 6) is -1.20. The molecular weight excluding hydrogens is 412 g/mol. The molecule has 7 nitrogen and oxygen atoms in total. The smallest absolute Gasteiger partial charge is 0.321 e. The molecule has 0 spiro atoms. The first kappa shape index (κ1) is 21.1. The molecule has 3 N–H and O–H groups in total. The summed E-state index contributed by atoms with van der Waals surface area (Å²) in [7, 11) is 0. The number of carboxylic acid groups (broad SMARTS) is 1. The van der Waals surface area contributed by atoms with Crippen LogP contribution in [0, 0.1) is 0 Å². The van der Waals surface area contributed by atoms with Gasteiger partial charge in [0.25, 0.3) is 0 Å². The van der Waals surface area contributed by atoms with Gasteiger partial charge in [-0.3, -0.25) is 14.9 Å². The van der Waals surface area contributed by atoms with Crippen LogP contribution in [-0.2, 0) is 16.0 Å². The van der Waals surface area contributed by atoms with Crippen LogP contribution in [0.3, 0.4) is 0 Å². The lowest BCUT2D eigenvalue weighted by Gasteiger charge is -2.25. The van der Waals surface area contributed by atoms with E-state index in [1.807, 2.05) is 61.0 Å². The van der Waals surface area contributed by atoms with E-state index in [4.69, 9.17) is 0 Å². The van der Waals surface area contributed by atoms with E-state index >= 15 is 0 Å². The van der Waals surface area contributed by atoms with Crippen molar-refractivity contribution in [3.63, 3.8) is 0 Å². The molecule has 0 saturated carbocycles. The van der Waals surface area contributed by atoms with E-state index < -0.39 is 18.2 Å². The summed E-state index contributed by atoms with van der Waals surface area (Å²) in [6.45, 7) is 1.44. The van der Waals surface area contributed by atoms with E-state index in [0.29, 0.717) is 12.8 Å². The van der Waals surface area contributed by atoms with Gasteiger partial charge in [-0.2, -0.15) is 5.10 Å². The number of hydrazone groups is 1. The highest BCUT2D eigenvalue weighted by atomic mass is 32.2.